The maximum absolute atomic E-state index is 15.0. The number of ether oxygens (including phenoxy) is 1. The summed E-state index contributed by atoms with van der Waals surface area (Å²) in [6.07, 6.45) is 0.312. The zero-order chi connectivity index (χ0) is 24.9. The van der Waals surface area contributed by atoms with Crippen LogP contribution < -0.4 is 9.64 Å². The number of fused-ring (bicyclic) bond motifs is 1. The van der Waals surface area contributed by atoms with Crippen molar-refractivity contribution in [2.24, 2.45) is 5.92 Å². The number of anilines is 1. The normalized spacial score (nSPS) is 19.9. The van der Waals surface area contributed by atoms with Crippen molar-refractivity contribution in [2.45, 2.75) is 25.2 Å². The van der Waals surface area contributed by atoms with E-state index < -0.39 is 24.5 Å². The fourth-order valence-electron chi connectivity index (χ4n) is 4.76. The molecular formula is C23H23F2N7O3. The summed E-state index contributed by atoms with van der Waals surface area (Å²) in [7, 11) is 1.45. The van der Waals surface area contributed by atoms with E-state index in [-0.39, 0.29) is 24.9 Å². The Morgan fingerprint density at radius 2 is 2.00 bits per heavy atom. The van der Waals surface area contributed by atoms with Gasteiger partial charge in [-0.2, -0.15) is 20.3 Å². The zero-order valence-electron chi connectivity index (χ0n) is 19.1. The van der Waals surface area contributed by atoms with Crippen LogP contribution in [0.5, 0.6) is 6.01 Å². The van der Waals surface area contributed by atoms with Crippen LogP contribution in [-0.4, -0.2) is 75.1 Å². The number of amides is 1. The smallest absolute Gasteiger partial charge is 0.407 e. The molecule has 1 atom stereocenters. The number of halogens is 2. The number of carbonyl (C=O) groups is 1. The Balaban J connectivity index is 1.55. The van der Waals surface area contributed by atoms with Crippen molar-refractivity contribution in [1.29, 1.82) is 5.26 Å². The van der Waals surface area contributed by atoms with E-state index in [4.69, 9.17) is 15.1 Å². The average molecular weight is 483 g/mol. The highest BCUT2D eigenvalue weighted by Crippen LogP contribution is 2.42. The highest BCUT2D eigenvalue weighted by atomic mass is 19.3. The summed E-state index contributed by atoms with van der Waals surface area (Å²) in [5, 5.41) is 23.4. The number of nitriles is 1. The molecule has 12 heteroatoms. The standard InChI is InChI=1S/C23H23F2N7O3/c1-13-5-15-9-27-32(20-7-19(28-21(29-20)35-2)31-10-14(8-26)11-31)18(15)6-16(13)17-3-4-30(22(33)34)12-23(17,24)25/h5-7,9,14,17H,3-4,10-12H2,1-2H3,(H,33,34). The lowest BCUT2D eigenvalue weighted by atomic mass is 9.83. The second kappa shape index (κ2) is 8.33. The summed E-state index contributed by atoms with van der Waals surface area (Å²) >= 11 is 0. The van der Waals surface area contributed by atoms with Gasteiger partial charge in [-0.15, -0.1) is 0 Å². The molecule has 1 amide bonds. The molecular weight excluding hydrogens is 460 g/mol. The molecule has 0 spiro atoms. The highest BCUT2D eigenvalue weighted by Gasteiger charge is 2.47. The highest BCUT2D eigenvalue weighted by molar-refractivity contribution is 5.82. The monoisotopic (exact) mass is 483 g/mol. The lowest BCUT2D eigenvalue weighted by Gasteiger charge is -2.37. The second-order valence-corrected chi connectivity index (χ2v) is 8.93. The first-order valence-corrected chi connectivity index (χ1v) is 11.1. The number of aromatic nitrogens is 4. The van der Waals surface area contributed by atoms with Crippen LogP contribution >= 0.6 is 0 Å². The molecule has 0 saturated carbocycles. The van der Waals surface area contributed by atoms with Gasteiger partial charge in [0.15, 0.2) is 5.82 Å². The van der Waals surface area contributed by atoms with Crippen LogP contribution in [0.3, 0.4) is 0 Å². The van der Waals surface area contributed by atoms with E-state index >= 15 is 8.78 Å². The van der Waals surface area contributed by atoms with E-state index in [1.165, 1.54) is 7.11 Å². The zero-order valence-corrected chi connectivity index (χ0v) is 19.1. The first-order valence-electron chi connectivity index (χ1n) is 11.1. The molecule has 3 aromatic rings. The molecule has 4 heterocycles. The van der Waals surface area contributed by atoms with Crippen molar-refractivity contribution in [3.63, 3.8) is 0 Å². The molecule has 0 radical (unpaired) electrons. The van der Waals surface area contributed by atoms with Crippen molar-refractivity contribution in [1.82, 2.24) is 24.6 Å². The molecule has 35 heavy (non-hydrogen) atoms. The molecule has 182 valence electrons. The third-order valence-electron chi connectivity index (χ3n) is 6.67. The Kier molecular flexibility index (Phi) is 5.42. The number of benzene rings is 1. The number of piperidine rings is 1. The molecule has 2 aliphatic heterocycles. The van der Waals surface area contributed by atoms with Crippen molar-refractivity contribution in [2.75, 3.05) is 38.2 Å². The maximum atomic E-state index is 15.0. The summed E-state index contributed by atoms with van der Waals surface area (Å²) < 4.78 is 36.9. The van der Waals surface area contributed by atoms with E-state index in [1.807, 2.05) is 4.90 Å². The molecule has 2 aromatic heterocycles. The average Bonchev–Trinajstić information content (AvgIpc) is 3.19. The minimum absolute atomic E-state index is 0.0142. The van der Waals surface area contributed by atoms with Gasteiger partial charge in [-0.05, 0) is 36.6 Å². The quantitative estimate of drug-likeness (QED) is 0.601. The van der Waals surface area contributed by atoms with Crippen LogP contribution in [0.1, 0.15) is 23.5 Å². The van der Waals surface area contributed by atoms with Crippen molar-refractivity contribution in [3.8, 4) is 17.9 Å². The van der Waals surface area contributed by atoms with Crippen LogP contribution in [0.4, 0.5) is 19.4 Å². The predicted molar refractivity (Wildman–Crippen MR) is 121 cm³/mol. The van der Waals surface area contributed by atoms with Gasteiger partial charge in [-0.25, -0.2) is 18.3 Å². The molecule has 5 rings (SSSR count). The van der Waals surface area contributed by atoms with Gasteiger partial charge in [0.1, 0.15) is 5.82 Å². The van der Waals surface area contributed by atoms with Crippen LogP contribution in [0.2, 0.25) is 0 Å². The van der Waals surface area contributed by atoms with Gasteiger partial charge < -0.3 is 19.6 Å². The van der Waals surface area contributed by atoms with E-state index in [1.54, 1.807) is 36.0 Å². The van der Waals surface area contributed by atoms with E-state index in [9.17, 15) is 4.79 Å². The molecule has 1 aromatic carbocycles. The number of hydrogen-bond donors (Lipinski definition) is 1. The fraction of sp³-hybridized carbons (Fsp3) is 0.435. The van der Waals surface area contributed by atoms with Gasteiger partial charge in [-0.3, -0.25) is 0 Å². The van der Waals surface area contributed by atoms with Crippen LogP contribution in [0.25, 0.3) is 16.7 Å². The van der Waals surface area contributed by atoms with Crippen LogP contribution in [0, 0.1) is 24.2 Å². The molecule has 2 fully saturated rings. The Labute approximate surface area is 199 Å². The number of rotatable bonds is 4. The third kappa shape index (κ3) is 3.96. The summed E-state index contributed by atoms with van der Waals surface area (Å²) in [4.78, 5) is 22.7. The maximum Gasteiger partial charge on any atom is 0.407 e. The Hall–Kier alpha value is -4.01. The predicted octanol–water partition coefficient (Wildman–Crippen LogP) is 3.19. The van der Waals surface area contributed by atoms with Gasteiger partial charge in [0.05, 0.1) is 43.3 Å². The number of nitrogens with zero attached hydrogens (tertiary/aromatic N) is 7. The minimum atomic E-state index is -3.21. The number of aryl methyl sites for hydroxylation is 1. The molecule has 2 aliphatic rings. The lowest BCUT2D eigenvalue weighted by Crippen LogP contribution is -2.49. The van der Waals surface area contributed by atoms with Crippen molar-refractivity contribution < 1.29 is 23.4 Å². The number of likely N-dealkylation sites (tertiary alicyclic amines) is 1. The topological polar surface area (TPSA) is 120 Å². The Morgan fingerprint density at radius 1 is 1.26 bits per heavy atom. The molecule has 10 nitrogen and oxygen atoms in total. The number of alkyl halides is 2. The van der Waals surface area contributed by atoms with E-state index in [0.29, 0.717) is 41.4 Å². The van der Waals surface area contributed by atoms with Crippen molar-refractivity contribution in [3.05, 3.63) is 35.5 Å². The van der Waals surface area contributed by atoms with Gasteiger partial charge in [0.25, 0.3) is 5.92 Å². The molecule has 0 bridgehead atoms. The number of hydrogen-bond acceptors (Lipinski definition) is 7. The van der Waals surface area contributed by atoms with Gasteiger partial charge >= 0.3 is 12.1 Å². The van der Waals surface area contributed by atoms with E-state index in [2.05, 4.69) is 21.1 Å². The third-order valence-corrected chi connectivity index (χ3v) is 6.67. The number of methoxy groups -OCH3 is 1. The molecule has 0 aliphatic carbocycles. The molecule has 1 unspecified atom stereocenters. The lowest BCUT2D eigenvalue weighted by molar-refractivity contribution is -0.0762. The molecule has 1 N–H and O–H groups in total. The van der Waals surface area contributed by atoms with Gasteiger partial charge in [-0.1, -0.05) is 0 Å². The summed E-state index contributed by atoms with van der Waals surface area (Å²) in [6.45, 7) is 2.06. The van der Waals surface area contributed by atoms with E-state index in [0.717, 1.165) is 10.3 Å². The Morgan fingerprint density at radius 3 is 2.66 bits per heavy atom. The van der Waals surface area contributed by atoms with Crippen LogP contribution in [0.15, 0.2) is 24.4 Å². The van der Waals surface area contributed by atoms with Gasteiger partial charge in [0, 0.05) is 31.1 Å². The van der Waals surface area contributed by atoms with Crippen molar-refractivity contribution >= 4 is 22.8 Å². The second-order valence-electron chi connectivity index (χ2n) is 8.93. The van der Waals surface area contributed by atoms with Gasteiger partial charge in [0.2, 0.25) is 0 Å². The first-order chi connectivity index (χ1) is 16.7. The first kappa shape index (κ1) is 22.8. The fourth-order valence-corrected chi connectivity index (χ4v) is 4.76. The summed E-state index contributed by atoms with van der Waals surface area (Å²) in [6, 6.07) is 7.57. The minimum Gasteiger partial charge on any atom is -0.467 e. The largest absolute Gasteiger partial charge is 0.467 e. The Bertz CT molecular complexity index is 1350. The number of carboxylic acid groups (broad SMARTS) is 1. The molecule has 2 saturated heterocycles. The van der Waals surface area contributed by atoms with Crippen LogP contribution in [-0.2, 0) is 0 Å². The summed E-state index contributed by atoms with van der Waals surface area (Å²) in [5.41, 5.74) is 1.73. The summed E-state index contributed by atoms with van der Waals surface area (Å²) in [5.74, 6) is -3.40. The SMILES string of the molecule is COc1nc(N2CC(C#N)C2)cc(-n2ncc3cc(C)c(C4CCN(C(=O)O)CC4(F)F)cc32)n1.